The Bertz CT molecular complexity index is 1170. The molecule has 1 unspecified atom stereocenters. The Morgan fingerprint density at radius 2 is 1.82 bits per heavy atom. The molecule has 34 heavy (non-hydrogen) atoms. The first-order valence-electron chi connectivity index (χ1n) is 11.1. The van der Waals surface area contributed by atoms with E-state index in [0.717, 1.165) is 5.56 Å². The molecule has 1 atom stereocenters. The number of methoxy groups -OCH3 is 2. The van der Waals surface area contributed by atoms with Gasteiger partial charge in [-0.25, -0.2) is 9.37 Å². The van der Waals surface area contributed by atoms with Gasteiger partial charge >= 0.3 is 0 Å². The van der Waals surface area contributed by atoms with Crippen molar-refractivity contribution in [3.05, 3.63) is 47.8 Å². The number of nitrogens with two attached hydrogens (primary N) is 2. The fourth-order valence-electron chi connectivity index (χ4n) is 4.24. The van der Waals surface area contributed by atoms with Crippen LogP contribution in [0.2, 0.25) is 0 Å². The fraction of sp³-hybridized carbons (Fsp3) is 0.375. The quantitative estimate of drug-likeness (QED) is 0.541. The van der Waals surface area contributed by atoms with E-state index in [4.69, 9.17) is 20.9 Å². The van der Waals surface area contributed by atoms with E-state index in [1.807, 2.05) is 40.1 Å². The first-order valence-corrected chi connectivity index (χ1v) is 11.1. The van der Waals surface area contributed by atoms with Crippen molar-refractivity contribution in [2.24, 2.45) is 5.73 Å². The van der Waals surface area contributed by atoms with E-state index < -0.39 is 5.82 Å². The molecule has 1 fully saturated rings. The highest BCUT2D eigenvalue weighted by Gasteiger charge is 2.26. The van der Waals surface area contributed by atoms with Crippen LogP contribution in [-0.2, 0) is 4.79 Å². The molecule has 0 saturated carbocycles. The van der Waals surface area contributed by atoms with Crippen molar-refractivity contribution < 1.29 is 18.7 Å². The lowest BCUT2D eigenvalue weighted by Gasteiger charge is -2.35. The van der Waals surface area contributed by atoms with Crippen LogP contribution in [0.3, 0.4) is 0 Å². The predicted octanol–water partition coefficient (Wildman–Crippen LogP) is 2.15. The van der Waals surface area contributed by atoms with Crippen molar-refractivity contribution in [2.45, 2.75) is 12.3 Å². The van der Waals surface area contributed by atoms with Crippen molar-refractivity contribution in [3.63, 3.8) is 0 Å². The number of nitrogens with zero attached hydrogens (tertiary/aromatic N) is 4. The van der Waals surface area contributed by atoms with E-state index in [0.29, 0.717) is 50.5 Å². The molecule has 1 aromatic heterocycles. The molecule has 4 N–H and O–H groups in total. The summed E-state index contributed by atoms with van der Waals surface area (Å²) in [5.74, 6) is 0.0106. The molecule has 9 nitrogen and oxygen atoms in total. The summed E-state index contributed by atoms with van der Waals surface area (Å²) in [7, 11) is 2.78. The first-order chi connectivity index (χ1) is 16.5. The number of hydrogen-bond donors (Lipinski definition) is 2. The van der Waals surface area contributed by atoms with Crippen LogP contribution in [-0.4, -0.2) is 67.7 Å². The van der Waals surface area contributed by atoms with Gasteiger partial charge in [-0.05, 0) is 18.2 Å². The molecule has 0 aliphatic carbocycles. The van der Waals surface area contributed by atoms with Crippen LogP contribution in [0.25, 0.3) is 10.9 Å². The number of benzene rings is 2. The van der Waals surface area contributed by atoms with Crippen LogP contribution in [0, 0.1) is 5.82 Å². The Balaban J connectivity index is 1.48. The normalized spacial score (nSPS) is 14.8. The lowest BCUT2D eigenvalue weighted by Crippen LogP contribution is -2.49. The molecule has 10 heteroatoms. The molecule has 0 radical (unpaired) electrons. The zero-order chi connectivity index (χ0) is 24.2. The highest BCUT2D eigenvalue weighted by molar-refractivity contribution is 5.92. The number of rotatable bonds is 7. The van der Waals surface area contributed by atoms with Crippen LogP contribution in [0.15, 0.2) is 36.4 Å². The molecule has 3 aromatic rings. The largest absolute Gasteiger partial charge is 0.493 e. The number of fused-ring (bicyclic) bond motifs is 1. The molecule has 2 heterocycles. The number of ether oxygens (including phenoxy) is 2. The molecule has 1 saturated heterocycles. The number of carbonyl (C=O) groups is 1. The number of nitrogen functional groups attached to an aromatic ring is 1. The van der Waals surface area contributed by atoms with Gasteiger partial charge < -0.3 is 30.7 Å². The highest BCUT2D eigenvalue weighted by atomic mass is 19.1. The summed E-state index contributed by atoms with van der Waals surface area (Å²) >= 11 is 0. The summed E-state index contributed by atoms with van der Waals surface area (Å²) in [4.78, 5) is 25.4. The van der Waals surface area contributed by atoms with E-state index in [9.17, 15) is 4.79 Å². The van der Waals surface area contributed by atoms with Crippen molar-refractivity contribution in [3.8, 4) is 11.5 Å². The predicted molar refractivity (Wildman–Crippen MR) is 129 cm³/mol. The van der Waals surface area contributed by atoms with Crippen molar-refractivity contribution in [1.82, 2.24) is 14.9 Å². The van der Waals surface area contributed by atoms with Crippen LogP contribution in [0.4, 0.5) is 16.2 Å². The van der Waals surface area contributed by atoms with Gasteiger partial charge in [-0.1, -0.05) is 30.3 Å². The van der Waals surface area contributed by atoms with Gasteiger partial charge in [-0.3, -0.25) is 4.79 Å². The average Bonchev–Trinajstić information content (AvgIpc) is 2.87. The number of carbonyl (C=O) groups excluding carboxylic acids is 1. The molecule has 1 aliphatic rings. The lowest BCUT2D eigenvalue weighted by atomic mass is 9.95. The monoisotopic (exact) mass is 468 g/mol. The topological polar surface area (TPSA) is 120 Å². The molecule has 2 aromatic carbocycles. The van der Waals surface area contributed by atoms with Gasteiger partial charge in [0.1, 0.15) is 11.3 Å². The fourth-order valence-corrected chi connectivity index (χ4v) is 4.24. The van der Waals surface area contributed by atoms with Crippen LogP contribution in [0.1, 0.15) is 17.9 Å². The van der Waals surface area contributed by atoms with Gasteiger partial charge in [0.15, 0.2) is 17.3 Å². The Hall–Kier alpha value is -3.66. The van der Waals surface area contributed by atoms with Gasteiger partial charge in [-0.2, -0.15) is 4.98 Å². The minimum absolute atomic E-state index is 0.0229. The van der Waals surface area contributed by atoms with Gasteiger partial charge in [0.25, 0.3) is 0 Å². The van der Waals surface area contributed by atoms with Gasteiger partial charge in [0.05, 0.1) is 14.2 Å². The Morgan fingerprint density at radius 3 is 2.44 bits per heavy atom. The van der Waals surface area contributed by atoms with Gasteiger partial charge in [0.2, 0.25) is 11.9 Å². The summed E-state index contributed by atoms with van der Waals surface area (Å²) in [6.07, 6.45) is 0.354. The lowest BCUT2D eigenvalue weighted by molar-refractivity contribution is -0.131. The molecule has 0 spiro atoms. The number of piperazine rings is 1. The van der Waals surface area contributed by atoms with E-state index in [1.165, 1.54) is 14.2 Å². The minimum Gasteiger partial charge on any atom is -0.493 e. The first kappa shape index (κ1) is 23.5. The SMILES string of the molecule is COc1cc2c(N)nc(N3CCN(C(=O)CC(CN)c4ccccc4)CC3)nc2c(F)c1OC. The summed E-state index contributed by atoms with van der Waals surface area (Å²) in [6, 6.07) is 11.4. The average molecular weight is 469 g/mol. The Morgan fingerprint density at radius 1 is 1.12 bits per heavy atom. The highest BCUT2D eigenvalue weighted by Crippen LogP contribution is 2.37. The van der Waals surface area contributed by atoms with E-state index in [2.05, 4.69) is 9.97 Å². The molecule has 4 rings (SSSR count). The summed E-state index contributed by atoms with van der Waals surface area (Å²) in [5, 5.41) is 0.349. The maximum Gasteiger partial charge on any atom is 0.228 e. The van der Waals surface area contributed by atoms with Gasteiger partial charge in [0, 0.05) is 43.9 Å². The summed E-state index contributed by atoms with van der Waals surface area (Å²) in [6.45, 7) is 2.41. The van der Waals surface area contributed by atoms with E-state index >= 15 is 4.39 Å². The van der Waals surface area contributed by atoms with Crippen LogP contribution < -0.4 is 25.8 Å². The summed E-state index contributed by atoms with van der Waals surface area (Å²) < 4.78 is 25.4. The minimum atomic E-state index is -0.658. The molecular weight excluding hydrogens is 439 g/mol. The standard InChI is InChI=1S/C24H29FN6O3/c1-33-18-13-17-21(20(25)22(18)34-2)28-24(29-23(17)27)31-10-8-30(9-11-31)19(32)12-16(14-26)15-6-4-3-5-7-15/h3-7,13,16H,8-12,14,26H2,1-2H3,(H2,27,28,29). The second kappa shape index (κ2) is 10.1. The zero-order valence-electron chi connectivity index (χ0n) is 19.3. The maximum absolute atomic E-state index is 15.1. The molecule has 180 valence electrons. The van der Waals surface area contributed by atoms with Crippen molar-refractivity contribution >= 4 is 28.6 Å². The Kier molecular flexibility index (Phi) is 6.97. The second-order valence-corrected chi connectivity index (χ2v) is 8.15. The third-order valence-electron chi connectivity index (χ3n) is 6.19. The number of anilines is 2. The molecular formula is C24H29FN6O3. The number of halogens is 1. The number of hydrogen-bond acceptors (Lipinski definition) is 8. The van der Waals surface area contributed by atoms with Gasteiger partial charge in [-0.15, -0.1) is 0 Å². The molecule has 0 bridgehead atoms. The maximum atomic E-state index is 15.1. The van der Waals surface area contributed by atoms with Crippen LogP contribution in [0.5, 0.6) is 11.5 Å². The van der Waals surface area contributed by atoms with Crippen molar-refractivity contribution in [1.29, 1.82) is 0 Å². The summed E-state index contributed by atoms with van der Waals surface area (Å²) in [5.41, 5.74) is 13.2. The van der Waals surface area contributed by atoms with E-state index in [-0.39, 0.29) is 34.7 Å². The van der Waals surface area contributed by atoms with Crippen molar-refractivity contribution in [2.75, 3.05) is 57.6 Å². The van der Waals surface area contributed by atoms with Crippen LogP contribution >= 0.6 is 0 Å². The zero-order valence-corrected chi connectivity index (χ0v) is 19.3. The Labute approximate surface area is 197 Å². The number of amides is 1. The molecule has 1 amide bonds. The van der Waals surface area contributed by atoms with E-state index in [1.54, 1.807) is 6.07 Å². The third-order valence-corrected chi connectivity index (χ3v) is 6.19. The third kappa shape index (κ3) is 4.54. The number of aromatic nitrogens is 2. The second-order valence-electron chi connectivity index (χ2n) is 8.15. The smallest absolute Gasteiger partial charge is 0.228 e. The molecule has 1 aliphatic heterocycles.